The van der Waals surface area contributed by atoms with Gasteiger partial charge in [0.05, 0.1) is 6.61 Å². The highest BCUT2D eigenvalue weighted by Gasteiger charge is 2.15. The van der Waals surface area contributed by atoms with Gasteiger partial charge in [0.1, 0.15) is 0 Å². The smallest absolute Gasteiger partial charge is 0.305 e. The SMILES string of the molecule is CCOC(=O)CCC[C@@H]1CCCC=C1I. The van der Waals surface area contributed by atoms with E-state index in [-0.39, 0.29) is 5.97 Å². The zero-order valence-corrected chi connectivity index (χ0v) is 11.5. The summed E-state index contributed by atoms with van der Waals surface area (Å²) in [6.07, 6.45) is 8.83. The van der Waals surface area contributed by atoms with Crippen molar-refractivity contribution in [1.29, 1.82) is 0 Å². The molecule has 0 N–H and O–H groups in total. The molecule has 1 aliphatic carbocycles. The number of hydrogen-bond acceptors (Lipinski definition) is 2. The van der Waals surface area contributed by atoms with Crippen LogP contribution in [-0.2, 0) is 9.53 Å². The third-order valence-corrected chi connectivity index (χ3v) is 4.05. The molecule has 86 valence electrons. The van der Waals surface area contributed by atoms with E-state index in [1.807, 2.05) is 6.92 Å². The van der Waals surface area contributed by atoms with E-state index in [2.05, 4.69) is 28.7 Å². The van der Waals surface area contributed by atoms with Crippen LogP contribution in [0.3, 0.4) is 0 Å². The molecule has 0 saturated carbocycles. The monoisotopic (exact) mass is 322 g/mol. The number of halogens is 1. The molecule has 0 spiro atoms. The Hall–Kier alpha value is -0.0600. The first-order valence-corrected chi connectivity index (χ1v) is 6.83. The quantitative estimate of drug-likeness (QED) is 0.568. The fraction of sp³-hybridized carbons (Fsp3) is 0.750. The summed E-state index contributed by atoms with van der Waals surface area (Å²) in [6, 6.07) is 0. The third-order valence-electron chi connectivity index (χ3n) is 2.72. The summed E-state index contributed by atoms with van der Waals surface area (Å²) in [5, 5.41) is 0. The number of ether oxygens (including phenoxy) is 1. The Bertz CT molecular complexity index is 236. The van der Waals surface area contributed by atoms with Crippen molar-refractivity contribution in [2.45, 2.75) is 45.4 Å². The summed E-state index contributed by atoms with van der Waals surface area (Å²) in [7, 11) is 0. The van der Waals surface area contributed by atoms with Crippen LogP contribution in [0, 0.1) is 5.92 Å². The summed E-state index contributed by atoms with van der Waals surface area (Å²) >= 11 is 2.44. The molecule has 0 aromatic heterocycles. The van der Waals surface area contributed by atoms with E-state index in [1.165, 1.54) is 22.8 Å². The first kappa shape index (κ1) is 13.0. The molecule has 0 heterocycles. The van der Waals surface area contributed by atoms with Gasteiger partial charge < -0.3 is 4.74 Å². The Morgan fingerprint density at radius 2 is 2.47 bits per heavy atom. The minimum Gasteiger partial charge on any atom is -0.466 e. The van der Waals surface area contributed by atoms with Gasteiger partial charge in [0.15, 0.2) is 0 Å². The Morgan fingerprint density at radius 1 is 1.67 bits per heavy atom. The average molecular weight is 322 g/mol. The fourth-order valence-corrected chi connectivity index (χ4v) is 2.85. The van der Waals surface area contributed by atoms with Gasteiger partial charge >= 0.3 is 5.97 Å². The molecule has 0 saturated heterocycles. The van der Waals surface area contributed by atoms with Crippen LogP contribution >= 0.6 is 22.6 Å². The second-order valence-electron chi connectivity index (χ2n) is 3.91. The van der Waals surface area contributed by atoms with Gasteiger partial charge in [-0.3, -0.25) is 4.79 Å². The summed E-state index contributed by atoms with van der Waals surface area (Å²) in [6.45, 7) is 2.35. The Morgan fingerprint density at radius 3 is 3.13 bits per heavy atom. The maximum Gasteiger partial charge on any atom is 0.305 e. The third kappa shape index (κ3) is 5.00. The van der Waals surface area contributed by atoms with Crippen molar-refractivity contribution in [3.05, 3.63) is 9.66 Å². The number of esters is 1. The molecule has 0 amide bonds. The molecule has 1 rings (SSSR count). The van der Waals surface area contributed by atoms with Gasteiger partial charge in [-0.25, -0.2) is 0 Å². The van der Waals surface area contributed by atoms with Crippen molar-refractivity contribution in [3.63, 3.8) is 0 Å². The zero-order chi connectivity index (χ0) is 11.1. The van der Waals surface area contributed by atoms with E-state index in [4.69, 9.17) is 4.74 Å². The minimum absolute atomic E-state index is 0.0488. The molecule has 0 bridgehead atoms. The van der Waals surface area contributed by atoms with Crippen LogP contribution in [0.1, 0.15) is 45.4 Å². The van der Waals surface area contributed by atoms with E-state index in [0.717, 1.165) is 12.8 Å². The molecule has 2 nitrogen and oxygen atoms in total. The molecule has 0 aromatic rings. The van der Waals surface area contributed by atoms with Gasteiger partial charge in [-0.2, -0.15) is 0 Å². The standard InChI is InChI=1S/C12H19IO2/c1-2-15-12(14)9-5-7-10-6-3-4-8-11(10)13/h8,10H,2-7,9H2,1H3/t10-/m0/s1. The lowest BCUT2D eigenvalue weighted by molar-refractivity contribution is -0.143. The molecule has 0 radical (unpaired) electrons. The van der Waals surface area contributed by atoms with Crippen molar-refractivity contribution >= 4 is 28.6 Å². The number of allylic oxidation sites excluding steroid dienone is 2. The van der Waals surface area contributed by atoms with Crippen LogP contribution in [-0.4, -0.2) is 12.6 Å². The van der Waals surface area contributed by atoms with Crippen LogP contribution in [0.5, 0.6) is 0 Å². The molecule has 15 heavy (non-hydrogen) atoms. The molecule has 0 fully saturated rings. The maximum absolute atomic E-state index is 11.1. The Balaban J connectivity index is 2.17. The first-order chi connectivity index (χ1) is 7.24. The largest absolute Gasteiger partial charge is 0.466 e. The summed E-state index contributed by atoms with van der Waals surface area (Å²) in [5.74, 6) is 0.654. The lowest BCUT2D eigenvalue weighted by Crippen LogP contribution is -2.08. The van der Waals surface area contributed by atoms with Crippen LogP contribution < -0.4 is 0 Å². The molecule has 1 atom stereocenters. The van der Waals surface area contributed by atoms with Gasteiger partial charge in [-0.15, -0.1) is 0 Å². The second-order valence-corrected chi connectivity index (χ2v) is 5.16. The van der Waals surface area contributed by atoms with Gasteiger partial charge in [-0.05, 0) is 71.1 Å². The van der Waals surface area contributed by atoms with Crippen LogP contribution in [0.15, 0.2) is 9.66 Å². The highest BCUT2D eigenvalue weighted by Crippen LogP contribution is 2.32. The van der Waals surface area contributed by atoms with E-state index < -0.39 is 0 Å². The van der Waals surface area contributed by atoms with Crippen molar-refractivity contribution in [2.24, 2.45) is 5.92 Å². The lowest BCUT2D eigenvalue weighted by atomic mass is 9.91. The van der Waals surface area contributed by atoms with Gasteiger partial charge in [-0.1, -0.05) is 6.08 Å². The van der Waals surface area contributed by atoms with Crippen molar-refractivity contribution in [2.75, 3.05) is 6.61 Å². The molecule has 1 aliphatic rings. The van der Waals surface area contributed by atoms with Crippen LogP contribution in [0.25, 0.3) is 0 Å². The molecular formula is C12H19IO2. The Kier molecular flexibility index (Phi) is 6.29. The predicted molar refractivity (Wildman–Crippen MR) is 69.9 cm³/mol. The number of carbonyl (C=O) groups is 1. The normalized spacial score (nSPS) is 20.9. The van der Waals surface area contributed by atoms with Crippen molar-refractivity contribution in [3.8, 4) is 0 Å². The topological polar surface area (TPSA) is 26.3 Å². The van der Waals surface area contributed by atoms with Crippen molar-refractivity contribution < 1.29 is 9.53 Å². The van der Waals surface area contributed by atoms with Gasteiger partial charge in [0.2, 0.25) is 0 Å². The van der Waals surface area contributed by atoms with E-state index in [9.17, 15) is 4.79 Å². The average Bonchev–Trinajstić information content (AvgIpc) is 2.21. The fourth-order valence-electron chi connectivity index (χ4n) is 1.92. The highest BCUT2D eigenvalue weighted by molar-refractivity contribution is 14.1. The highest BCUT2D eigenvalue weighted by atomic mass is 127. The van der Waals surface area contributed by atoms with Crippen LogP contribution in [0.4, 0.5) is 0 Å². The summed E-state index contributed by atoms with van der Waals surface area (Å²) < 4.78 is 6.39. The van der Waals surface area contributed by atoms with E-state index in [0.29, 0.717) is 18.9 Å². The summed E-state index contributed by atoms with van der Waals surface area (Å²) in [5.41, 5.74) is 0. The van der Waals surface area contributed by atoms with E-state index >= 15 is 0 Å². The lowest BCUT2D eigenvalue weighted by Gasteiger charge is -2.20. The molecule has 0 aliphatic heterocycles. The summed E-state index contributed by atoms with van der Waals surface area (Å²) in [4.78, 5) is 11.1. The number of rotatable bonds is 5. The molecule has 0 unspecified atom stereocenters. The Labute approximate surface area is 106 Å². The molecular weight excluding hydrogens is 303 g/mol. The first-order valence-electron chi connectivity index (χ1n) is 5.75. The second kappa shape index (κ2) is 7.25. The van der Waals surface area contributed by atoms with Crippen LogP contribution in [0.2, 0.25) is 0 Å². The molecule has 0 aromatic carbocycles. The number of hydrogen-bond donors (Lipinski definition) is 0. The number of carbonyl (C=O) groups excluding carboxylic acids is 1. The predicted octanol–water partition coefficient (Wildman–Crippen LogP) is 3.84. The van der Waals surface area contributed by atoms with Gasteiger partial charge in [0.25, 0.3) is 0 Å². The van der Waals surface area contributed by atoms with E-state index in [1.54, 1.807) is 0 Å². The van der Waals surface area contributed by atoms with Crippen molar-refractivity contribution in [1.82, 2.24) is 0 Å². The zero-order valence-electron chi connectivity index (χ0n) is 9.30. The minimum atomic E-state index is -0.0488. The maximum atomic E-state index is 11.1. The van der Waals surface area contributed by atoms with Gasteiger partial charge in [0, 0.05) is 6.42 Å². The molecule has 3 heteroatoms.